The second-order valence-corrected chi connectivity index (χ2v) is 3.87. The van der Waals surface area contributed by atoms with E-state index in [0.29, 0.717) is 5.69 Å². The van der Waals surface area contributed by atoms with Gasteiger partial charge in [0.05, 0.1) is 4.92 Å². The van der Waals surface area contributed by atoms with E-state index in [1.165, 1.54) is 6.07 Å². The summed E-state index contributed by atoms with van der Waals surface area (Å²) in [6.45, 7) is 3.82. The molecule has 0 saturated carbocycles. The van der Waals surface area contributed by atoms with Crippen molar-refractivity contribution in [1.82, 2.24) is 0 Å². The second kappa shape index (κ2) is 5.46. The Bertz CT molecular complexity index is 368. The van der Waals surface area contributed by atoms with Crippen molar-refractivity contribution >= 4 is 11.4 Å². The van der Waals surface area contributed by atoms with E-state index in [9.17, 15) is 10.1 Å². The number of nitrogens with zero attached hydrogens (tertiary/aromatic N) is 1. The van der Waals surface area contributed by atoms with Crippen LogP contribution in [0.4, 0.5) is 11.4 Å². The average molecular weight is 224 g/mol. The van der Waals surface area contributed by atoms with E-state index in [0.717, 1.165) is 0 Å². The highest BCUT2D eigenvalue weighted by atomic mass is 16.6. The summed E-state index contributed by atoms with van der Waals surface area (Å²) in [6.07, 6.45) is 0. The number of aliphatic hydroxyl groups is 1. The van der Waals surface area contributed by atoms with Crippen LogP contribution in [0, 0.1) is 16.0 Å². The molecule has 0 spiro atoms. The first-order valence-corrected chi connectivity index (χ1v) is 5.17. The number of anilines is 1. The van der Waals surface area contributed by atoms with Crippen molar-refractivity contribution in [3.05, 3.63) is 34.4 Å². The van der Waals surface area contributed by atoms with Crippen molar-refractivity contribution in [2.45, 2.75) is 19.9 Å². The van der Waals surface area contributed by atoms with Crippen LogP contribution in [0.5, 0.6) is 0 Å². The highest BCUT2D eigenvalue weighted by Crippen LogP contribution is 2.24. The number of nitro benzene ring substituents is 1. The van der Waals surface area contributed by atoms with E-state index in [-0.39, 0.29) is 24.3 Å². The molecule has 0 aromatic heterocycles. The summed E-state index contributed by atoms with van der Waals surface area (Å²) in [5, 5.41) is 22.8. The molecule has 2 unspecified atom stereocenters. The molecule has 0 radical (unpaired) electrons. The van der Waals surface area contributed by atoms with E-state index in [1.807, 2.05) is 13.8 Å². The number of aliphatic hydroxyl groups excluding tert-OH is 1. The van der Waals surface area contributed by atoms with Gasteiger partial charge < -0.3 is 10.4 Å². The molecule has 1 rings (SSSR count). The molecule has 0 bridgehead atoms. The van der Waals surface area contributed by atoms with Crippen LogP contribution in [-0.2, 0) is 0 Å². The first-order valence-electron chi connectivity index (χ1n) is 5.17. The number of hydrogen-bond donors (Lipinski definition) is 2. The third-order valence-electron chi connectivity index (χ3n) is 2.63. The largest absolute Gasteiger partial charge is 0.396 e. The van der Waals surface area contributed by atoms with Gasteiger partial charge in [0.15, 0.2) is 0 Å². The molecular formula is C11H16N2O3. The second-order valence-electron chi connectivity index (χ2n) is 3.87. The standard InChI is InChI=1S/C11H16N2O3/c1-8(7-14)9(2)12-10-5-3-4-6-11(10)13(15)16/h3-6,8-9,12,14H,7H2,1-2H3. The lowest BCUT2D eigenvalue weighted by Crippen LogP contribution is -2.26. The van der Waals surface area contributed by atoms with Gasteiger partial charge in [0.25, 0.3) is 5.69 Å². The molecule has 0 fully saturated rings. The van der Waals surface area contributed by atoms with Gasteiger partial charge in [-0.15, -0.1) is 0 Å². The van der Waals surface area contributed by atoms with Crippen LogP contribution in [0.15, 0.2) is 24.3 Å². The van der Waals surface area contributed by atoms with Crippen LogP contribution in [0.3, 0.4) is 0 Å². The zero-order valence-electron chi connectivity index (χ0n) is 9.38. The number of benzene rings is 1. The Hall–Kier alpha value is -1.62. The van der Waals surface area contributed by atoms with Gasteiger partial charge in [0, 0.05) is 18.7 Å². The summed E-state index contributed by atoms with van der Waals surface area (Å²) in [7, 11) is 0. The molecule has 88 valence electrons. The molecule has 0 aliphatic heterocycles. The quantitative estimate of drug-likeness (QED) is 0.592. The van der Waals surface area contributed by atoms with Gasteiger partial charge in [-0.25, -0.2) is 0 Å². The molecule has 5 heteroatoms. The van der Waals surface area contributed by atoms with Gasteiger partial charge in [-0.2, -0.15) is 0 Å². The van der Waals surface area contributed by atoms with Crippen LogP contribution in [0.25, 0.3) is 0 Å². The Morgan fingerprint density at radius 1 is 1.44 bits per heavy atom. The fourth-order valence-corrected chi connectivity index (χ4v) is 1.30. The third-order valence-corrected chi connectivity index (χ3v) is 2.63. The lowest BCUT2D eigenvalue weighted by Gasteiger charge is -2.20. The van der Waals surface area contributed by atoms with E-state index in [2.05, 4.69) is 5.32 Å². The van der Waals surface area contributed by atoms with Gasteiger partial charge in [-0.05, 0) is 18.9 Å². The lowest BCUT2D eigenvalue weighted by molar-refractivity contribution is -0.384. The van der Waals surface area contributed by atoms with E-state index < -0.39 is 4.92 Å². The van der Waals surface area contributed by atoms with Crippen LogP contribution in [-0.4, -0.2) is 22.7 Å². The highest BCUT2D eigenvalue weighted by molar-refractivity contribution is 5.61. The molecule has 1 aromatic carbocycles. The zero-order valence-corrected chi connectivity index (χ0v) is 9.38. The van der Waals surface area contributed by atoms with Crippen LogP contribution in [0.2, 0.25) is 0 Å². The topological polar surface area (TPSA) is 75.4 Å². The predicted octanol–water partition coefficient (Wildman–Crippen LogP) is 2.02. The highest BCUT2D eigenvalue weighted by Gasteiger charge is 2.16. The van der Waals surface area contributed by atoms with Gasteiger partial charge in [0.2, 0.25) is 0 Å². The molecular weight excluding hydrogens is 208 g/mol. The summed E-state index contributed by atoms with van der Waals surface area (Å²) in [4.78, 5) is 10.3. The number of hydrogen-bond acceptors (Lipinski definition) is 4. The SMILES string of the molecule is CC(CO)C(C)Nc1ccccc1[N+](=O)[O-]. The third kappa shape index (κ3) is 2.93. The Morgan fingerprint density at radius 2 is 2.06 bits per heavy atom. The molecule has 5 nitrogen and oxygen atoms in total. The number of para-hydroxylation sites is 2. The van der Waals surface area contributed by atoms with Crippen LogP contribution >= 0.6 is 0 Å². The van der Waals surface area contributed by atoms with Crippen LogP contribution < -0.4 is 5.32 Å². The molecule has 0 aliphatic rings. The fraction of sp³-hybridized carbons (Fsp3) is 0.455. The normalized spacial score (nSPS) is 14.2. The molecule has 0 saturated heterocycles. The van der Waals surface area contributed by atoms with Crippen molar-refractivity contribution < 1.29 is 10.0 Å². The summed E-state index contributed by atoms with van der Waals surface area (Å²) < 4.78 is 0. The summed E-state index contributed by atoms with van der Waals surface area (Å²) >= 11 is 0. The molecule has 2 N–H and O–H groups in total. The van der Waals surface area contributed by atoms with Crippen molar-refractivity contribution in [3.8, 4) is 0 Å². The minimum absolute atomic E-state index is 0.0221. The molecule has 2 atom stereocenters. The predicted molar refractivity (Wildman–Crippen MR) is 62.4 cm³/mol. The zero-order chi connectivity index (χ0) is 12.1. The Balaban J connectivity index is 2.84. The van der Waals surface area contributed by atoms with Crippen molar-refractivity contribution in [1.29, 1.82) is 0 Å². The van der Waals surface area contributed by atoms with E-state index in [4.69, 9.17) is 5.11 Å². The first-order chi connectivity index (χ1) is 7.56. The van der Waals surface area contributed by atoms with E-state index in [1.54, 1.807) is 18.2 Å². The van der Waals surface area contributed by atoms with Crippen molar-refractivity contribution in [2.24, 2.45) is 5.92 Å². The summed E-state index contributed by atoms with van der Waals surface area (Å²) in [5.74, 6) is 0.0415. The number of nitrogens with one attached hydrogen (secondary N) is 1. The smallest absolute Gasteiger partial charge is 0.292 e. The van der Waals surface area contributed by atoms with Gasteiger partial charge in [-0.3, -0.25) is 10.1 Å². The van der Waals surface area contributed by atoms with Gasteiger partial charge in [0.1, 0.15) is 5.69 Å². The monoisotopic (exact) mass is 224 g/mol. The molecule has 0 aliphatic carbocycles. The summed E-state index contributed by atoms with van der Waals surface area (Å²) in [6, 6.07) is 6.47. The average Bonchev–Trinajstić information content (AvgIpc) is 2.28. The van der Waals surface area contributed by atoms with Crippen LogP contribution in [0.1, 0.15) is 13.8 Å². The van der Waals surface area contributed by atoms with Crippen molar-refractivity contribution in [3.63, 3.8) is 0 Å². The number of rotatable bonds is 5. The first kappa shape index (κ1) is 12.4. The molecule has 0 amide bonds. The summed E-state index contributed by atoms with van der Waals surface area (Å²) in [5.41, 5.74) is 0.541. The van der Waals surface area contributed by atoms with Gasteiger partial charge >= 0.3 is 0 Å². The maximum absolute atomic E-state index is 10.8. The van der Waals surface area contributed by atoms with Crippen molar-refractivity contribution in [2.75, 3.05) is 11.9 Å². The Labute approximate surface area is 94.3 Å². The van der Waals surface area contributed by atoms with Gasteiger partial charge in [-0.1, -0.05) is 19.1 Å². The molecule has 1 aromatic rings. The maximum Gasteiger partial charge on any atom is 0.292 e. The molecule has 16 heavy (non-hydrogen) atoms. The Kier molecular flexibility index (Phi) is 4.25. The lowest BCUT2D eigenvalue weighted by atomic mass is 10.0. The molecule has 0 heterocycles. The fourth-order valence-electron chi connectivity index (χ4n) is 1.30. The maximum atomic E-state index is 10.8. The van der Waals surface area contributed by atoms with E-state index >= 15 is 0 Å². The minimum Gasteiger partial charge on any atom is -0.396 e. The Morgan fingerprint density at radius 3 is 2.62 bits per heavy atom. The number of nitro groups is 1. The minimum atomic E-state index is -0.418.